The summed E-state index contributed by atoms with van der Waals surface area (Å²) in [6.45, 7) is 1.56. The molecular weight excluding hydrogens is 274 g/mol. The Morgan fingerprint density at radius 3 is 2.67 bits per heavy atom. The van der Waals surface area contributed by atoms with Gasteiger partial charge < -0.3 is 11.1 Å². The zero-order valence-corrected chi connectivity index (χ0v) is 11.0. The molecule has 106 valence electrons. The van der Waals surface area contributed by atoms with Crippen molar-refractivity contribution < 1.29 is 4.79 Å². The second kappa shape index (κ2) is 5.76. The van der Waals surface area contributed by atoms with Crippen LogP contribution in [0, 0.1) is 6.92 Å². The van der Waals surface area contributed by atoms with Gasteiger partial charge in [0.2, 0.25) is 5.95 Å². The molecule has 1 amide bonds. The number of rotatable bonds is 3. The van der Waals surface area contributed by atoms with E-state index in [2.05, 4.69) is 25.3 Å². The molecule has 0 bridgehead atoms. The Bertz CT molecular complexity index is 788. The predicted octanol–water partition coefficient (Wildman–Crippen LogP) is 1.85. The summed E-state index contributed by atoms with van der Waals surface area (Å²) < 4.78 is 0. The maximum atomic E-state index is 12.0. The fourth-order valence-electron chi connectivity index (χ4n) is 1.67. The van der Waals surface area contributed by atoms with E-state index in [1.54, 1.807) is 6.92 Å². The number of amides is 1. The molecule has 0 unspecified atom stereocenters. The molecular formula is C12H11N7O2. The topological polar surface area (TPSA) is 150 Å². The zero-order valence-electron chi connectivity index (χ0n) is 11.0. The van der Waals surface area contributed by atoms with E-state index in [4.69, 9.17) is 11.3 Å². The summed E-state index contributed by atoms with van der Waals surface area (Å²) >= 11 is 0. The Labute approximate surface area is 118 Å². The number of H-pyrrole nitrogens is 1. The predicted molar refractivity (Wildman–Crippen MR) is 77.2 cm³/mol. The van der Waals surface area contributed by atoms with Gasteiger partial charge >= 0.3 is 0 Å². The fraction of sp³-hybridized carbons (Fsp3) is 0.0833. The maximum absolute atomic E-state index is 12.0. The molecule has 0 aliphatic heterocycles. The van der Waals surface area contributed by atoms with Crippen molar-refractivity contribution in [2.45, 2.75) is 6.92 Å². The van der Waals surface area contributed by atoms with Crippen molar-refractivity contribution in [2.75, 3.05) is 11.1 Å². The Kier molecular flexibility index (Phi) is 3.87. The Balaban J connectivity index is 2.26. The van der Waals surface area contributed by atoms with Gasteiger partial charge in [0.15, 0.2) is 0 Å². The number of hydrogen-bond acceptors (Lipinski definition) is 5. The number of carbonyl (C=O) groups is 1. The zero-order chi connectivity index (χ0) is 15.4. The van der Waals surface area contributed by atoms with E-state index in [1.165, 1.54) is 24.3 Å². The van der Waals surface area contributed by atoms with Crippen molar-refractivity contribution in [1.29, 1.82) is 0 Å². The smallest absolute Gasteiger partial charge is 0.276 e. The molecule has 0 fully saturated rings. The number of nitrogens with two attached hydrogens (primary N) is 1. The second-order valence-electron chi connectivity index (χ2n) is 4.10. The largest absolute Gasteiger partial charge is 0.369 e. The number of hydrogen-bond donors (Lipinski definition) is 3. The number of aromatic nitrogens is 2. The highest BCUT2D eigenvalue weighted by atomic mass is 16.2. The third kappa shape index (κ3) is 3.17. The third-order valence-corrected chi connectivity index (χ3v) is 2.65. The average molecular weight is 285 g/mol. The molecule has 1 aromatic carbocycles. The van der Waals surface area contributed by atoms with E-state index in [9.17, 15) is 9.59 Å². The van der Waals surface area contributed by atoms with Gasteiger partial charge in [-0.2, -0.15) is 0 Å². The number of anilines is 2. The number of nitrogens with zero attached hydrogens (tertiary/aromatic N) is 4. The first kappa shape index (κ1) is 14.1. The molecule has 0 aliphatic carbocycles. The first-order valence-electron chi connectivity index (χ1n) is 5.84. The number of nitrogen functional groups attached to an aromatic ring is 1. The molecule has 0 atom stereocenters. The monoisotopic (exact) mass is 285 g/mol. The van der Waals surface area contributed by atoms with Gasteiger partial charge in [0.25, 0.3) is 11.5 Å². The Morgan fingerprint density at radius 2 is 2.10 bits per heavy atom. The molecule has 0 radical (unpaired) electrons. The molecule has 1 heterocycles. The average Bonchev–Trinajstić information content (AvgIpc) is 2.43. The van der Waals surface area contributed by atoms with Crippen molar-refractivity contribution in [3.05, 3.63) is 56.3 Å². The molecule has 0 saturated heterocycles. The van der Waals surface area contributed by atoms with Crippen LogP contribution in [-0.4, -0.2) is 15.9 Å². The van der Waals surface area contributed by atoms with Crippen LogP contribution in [0.15, 0.2) is 34.2 Å². The lowest BCUT2D eigenvalue weighted by Crippen LogP contribution is -2.23. The first-order chi connectivity index (χ1) is 10.0. The van der Waals surface area contributed by atoms with Crippen LogP contribution in [0.3, 0.4) is 0 Å². The number of azide groups is 1. The van der Waals surface area contributed by atoms with Crippen molar-refractivity contribution in [3.63, 3.8) is 0 Å². The maximum Gasteiger partial charge on any atom is 0.276 e. The summed E-state index contributed by atoms with van der Waals surface area (Å²) in [4.78, 5) is 32.6. The van der Waals surface area contributed by atoms with Crippen molar-refractivity contribution >= 4 is 23.2 Å². The van der Waals surface area contributed by atoms with Crippen molar-refractivity contribution in [1.82, 2.24) is 9.97 Å². The minimum absolute atomic E-state index is 0.0192. The standard InChI is InChI=1S/C12H11N7O2/c1-6-9(11(21)17-12(13)15-6)16-10(20)7-2-4-8(5-3-7)18-19-14/h2-5H,1H3,(H,16,20)(H3,13,15,17,21). The minimum Gasteiger partial charge on any atom is -0.369 e. The van der Waals surface area contributed by atoms with Crippen LogP contribution >= 0.6 is 0 Å². The van der Waals surface area contributed by atoms with Crippen LogP contribution < -0.4 is 16.6 Å². The van der Waals surface area contributed by atoms with Crippen molar-refractivity contribution in [2.24, 2.45) is 5.11 Å². The second-order valence-corrected chi connectivity index (χ2v) is 4.10. The lowest BCUT2D eigenvalue weighted by molar-refractivity contribution is 0.102. The van der Waals surface area contributed by atoms with Gasteiger partial charge in [-0.15, -0.1) is 0 Å². The number of aryl methyl sites for hydroxylation is 1. The van der Waals surface area contributed by atoms with E-state index < -0.39 is 11.5 Å². The highest BCUT2D eigenvalue weighted by Crippen LogP contribution is 2.14. The quantitative estimate of drug-likeness (QED) is 0.448. The molecule has 1 aromatic heterocycles. The lowest BCUT2D eigenvalue weighted by Gasteiger charge is -2.07. The van der Waals surface area contributed by atoms with Crippen LogP contribution in [0.25, 0.3) is 10.4 Å². The molecule has 0 saturated carbocycles. The van der Waals surface area contributed by atoms with Gasteiger partial charge in [-0.3, -0.25) is 14.6 Å². The molecule has 2 rings (SSSR count). The van der Waals surface area contributed by atoms with E-state index in [1.807, 2.05) is 0 Å². The van der Waals surface area contributed by atoms with Crippen LogP contribution in [0.2, 0.25) is 0 Å². The highest BCUT2D eigenvalue weighted by Gasteiger charge is 2.12. The molecule has 0 aliphatic rings. The SMILES string of the molecule is Cc1nc(N)[nH]c(=O)c1NC(=O)c1ccc(N=[N+]=[N-])cc1. The molecule has 9 nitrogen and oxygen atoms in total. The fourth-order valence-corrected chi connectivity index (χ4v) is 1.67. The van der Waals surface area contributed by atoms with E-state index in [0.717, 1.165) is 0 Å². The molecule has 0 spiro atoms. The Morgan fingerprint density at radius 1 is 1.43 bits per heavy atom. The normalized spacial score (nSPS) is 9.76. The first-order valence-corrected chi connectivity index (χ1v) is 5.84. The molecule has 2 aromatic rings. The summed E-state index contributed by atoms with van der Waals surface area (Å²) in [6.07, 6.45) is 0. The summed E-state index contributed by atoms with van der Waals surface area (Å²) in [7, 11) is 0. The number of benzene rings is 1. The van der Waals surface area contributed by atoms with Crippen LogP contribution in [0.5, 0.6) is 0 Å². The van der Waals surface area contributed by atoms with E-state index in [-0.39, 0.29) is 11.6 Å². The number of carbonyl (C=O) groups excluding carboxylic acids is 1. The molecule has 9 heteroatoms. The van der Waals surface area contributed by atoms with Gasteiger partial charge in [0.05, 0.1) is 5.69 Å². The van der Waals surface area contributed by atoms with Crippen LogP contribution in [-0.2, 0) is 0 Å². The van der Waals surface area contributed by atoms with E-state index in [0.29, 0.717) is 16.9 Å². The third-order valence-electron chi connectivity index (χ3n) is 2.65. The number of aromatic amines is 1. The molecule has 21 heavy (non-hydrogen) atoms. The van der Waals surface area contributed by atoms with E-state index >= 15 is 0 Å². The van der Waals surface area contributed by atoms with Crippen LogP contribution in [0.4, 0.5) is 17.3 Å². The summed E-state index contributed by atoms with van der Waals surface area (Å²) in [5.41, 5.74) is 14.2. The Hall–Kier alpha value is -3.32. The number of nitrogens with one attached hydrogen (secondary N) is 2. The lowest BCUT2D eigenvalue weighted by atomic mass is 10.2. The van der Waals surface area contributed by atoms with Crippen LogP contribution in [0.1, 0.15) is 16.1 Å². The minimum atomic E-state index is -0.529. The van der Waals surface area contributed by atoms with Crippen molar-refractivity contribution in [3.8, 4) is 0 Å². The van der Waals surface area contributed by atoms with Gasteiger partial charge in [0.1, 0.15) is 5.69 Å². The molecule has 4 N–H and O–H groups in total. The summed E-state index contributed by atoms with van der Waals surface area (Å²) in [6, 6.07) is 5.95. The van der Waals surface area contributed by atoms with Gasteiger partial charge in [-0.05, 0) is 24.6 Å². The van der Waals surface area contributed by atoms with Gasteiger partial charge in [-0.25, -0.2) is 4.98 Å². The van der Waals surface area contributed by atoms with Gasteiger partial charge in [0, 0.05) is 16.2 Å². The van der Waals surface area contributed by atoms with Gasteiger partial charge in [-0.1, -0.05) is 17.2 Å². The summed E-state index contributed by atoms with van der Waals surface area (Å²) in [5, 5.41) is 5.87. The summed E-state index contributed by atoms with van der Waals surface area (Å²) in [5.74, 6) is -0.503. The highest BCUT2D eigenvalue weighted by molar-refractivity contribution is 6.04.